The van der Waals surface area contributed by atoms with E-state index in [9.17, 15) is 0 Å². The Kier molecular flexibility index (Phi) is 6.47. The fourth-order valence-corrected chi connectivity index (χ4v) is 1.53. The average molecular weight is 247 g/mol. The molecule has 1 heteroatoms. The molecule has 94 valence electrons. The molecule has 0 bridgehead atoms. The molecule has 1 nitrogen and oxygen atoms in total. The lowest BCUT2D eigenvalue weighted by Crippen LogP contribution is -1.81. The van der Waals surface area contributed by atoms with Gasteiger partial charge in [0.15, 0.2) is 0 Å². The third kappa shape index (κ3) is 6.05. The Labute approximate surface area is 115 Å². The average Bonchev–Trinajstić information content (AvgIpc) is 2.44. The summed E-state index contributed by atoms with van der Waals surface area (Å²) in [5, 5.41) is 8.72. The second-order valence-corrected chi connectivity index (χ2v) is 4.02. The molecule has 1 aromatic rings. The summed E-state index contributed by atoms with van der Waals surface area (Å²) in [4.78, 5) is 0. The van der Waals surface area contributed by atoms with Crippen molar-refractivity contribution in [3.05, 3.63) is 90.6 Å². The Morgan fingerprint density at radius 2 is 1.95 bits per heavy atom. The van der Waals surface area contributed by atoms with Crippen LogP contribution in [0.4, 0.5) is 0 Å². The molecule has 0 saturated heterocycles. The summed E-state index contributed by atoms with van der Waals surface area (Å²) in [6, 6.07) is 12.1. The van der Waals surface area contributed by atoms with E-state index in [-0.39, 0.29) is 0 Å². The van der Waals surface area contributed by atoms with Crippen LogP contribution in [0.15, 0.2) is 85.0 Å². The first-order valence-electron chi connectivity index (χ1n) is 6.05. The van der Waals surface area contributed by atoms with Gasteiger partial charge in [0, 0.05) is 6.08 Å². The zero-order valence-electron chi connectivity index (χ0n) is 10.9. The highest BCUT2D eigenvalue weighted by Gasteiger charge is 1.95. The molecular weight excluding hydrogens is 230 g/mol. The normalized spacial score (nSPS) is 11.6. The monoisotopic (exact) mass is 247 g/mol. The van der Waals surface area contributed by atoms with Gasteiger partial charge in [-0.3, -0.25) is 0 Å². The quantitative estimate of drug-likeness (QED) is 0.521. The number of hydrogen-bond donors (Lipinski definition) is 0. The highest BCUT2D eigenvalue weighted by Crippen LogP contribution is 2.13. The Hall–Kier alpha value is -2.59. The van der Waals surface area contributed by atoms with E-state index in [1.807, 2.05) is 60.7 Å². The minimum Gasteiger partial charge on any atom is -0.193 e. The largest absolute Gasteiger partial charge is 0.193 e. The highest BCUT2D eigenvalue weighted by molar-refractivity contribution is 5.53. The van der Waals surface area contributed by atoms with E-state index >= 15 is 0 Å². The van der Waals surface area contributed by atoms with Gasteiger partial charge in [0.05, 0.1) is 6.07 Å². The summed E-state index contributed by atoms with van der Waals surface area (Å²) in [5.41, 5.74) is 3.01. The second kappa shape index (κ2) is 8.49. The van der Waals surface area contributed by atoms with Crippen molar-refractivity contribution in [2.75, 3.05) is 0 Å². The number of hydrogen-bond acceptors (Lipinski definition) is 1. The van der Waals surface area contributed by atoms with Crippen LogP contribution in [0.5, 0.6) is 0 Å². The van der Waals surface area contributed by atoms with E-state index in [0.717, 1.165) is 16.7 Å². The molecule has 0 aliphatic carbocycles. The lowest BCUT2D eigenvalue weighted by Gasteiger charge is -2.00. The van der Waals surface area contributed by atoms with Gasteiger partial charge in [-0.1, -0.05) is 79.4 Å². The van der Waals surface area contributed by atoms with Crippen LogP contribution in [0.1, 0.15) is 12.0 Å². The molecule has 0 fully saturated rings. The minimum absolute atomic E-state index is 0.654. The number of nitriles is 1. The Morgan fingerprint density at radius 3 is 2.58 bits per heavy atom. The van der Waals surface area contributed by atoms with Crippen molar-refractivity contribution in [2.45, 2.75) is 6.42 Å². The molecule has 0 aliphatic heterocycles. The predicted octanol–water partition coefficient (Wildman–Crippen LogP) is 4.84. The van der Waals surface area contributed by atoms with Gasteiger partial charge in [-0.05, 0) is 17.6 Å². The van der Waals surface area contributed by atoms with Gasteiger partial charge in [0.25, 0.3) is 0 Å². The molecular formula is C18H17N. The number of allylic oxidation sites excluding steroid dienone is 7. The zero-order chi connectivity index (χ0) is 13.9. The van der Waals surface area contributed by atoms with Crippen LogP contribution in [0.3, 0.4) is 0 Å². The molecule has 0 saturated carbocycles. The molecule has 19 heavy (non-hydrogen) atoms. The number of rotatable bonds is 6. The van der Waals surface area contributed by atoms with Gasteiger partial charge in [0.2, 0.25) is 0 Å². The van der Waals surface area contributed by atoms with Gasteiger partial charge in [-0.25, -0.2) is 0 Å². The first kappa shape index (κ1) is 14.5. The summed E-state index contributed by atoms with van der Waals surface area (Å²) >= 11 is 0. The van der Waals surface area contributed by atoms with Gasteiger partial charge in [-0.15, -0.1) is 0 Å². The molecule has 0 aromatic heterocycles. The fourth-order valence-electron chi connectivity index (χ4n) is 1.53. The Bertz CT molecular complexity index is 551. The molecule has 0 aliphatic rings. The van der Waals surface area contributed by atoms with Crippen molar-refractivity contribution in [1.82, 2.24) is 0 Å². The summed E-state index contributed by atoms with van der Waals surface area (Å²) in [7, 11) is 0. The Balaban J connectivity index is 2.66. The van der Waals surface area contributed by atoms with Crippen LogP contribution in [-0.2, 0) is 0 Å². The molecule has 0 unspecified atom stereocenters. The molecule has 0 radical (unpaired) electrons. The van der Waals surface area contributed by atoms with Crippen molar-refractivity contribution in [2.24, 2.45) is 0 Å². The molecule has 1 rings (SSSR count). The van der Waals surface area contributed by atoms with Crippen LogP contribution in [0.2, 0.25) is 0 Å². The van der Waals surface area contributed by atoms with Crippen molar-refractivity contribution >= 4 is 6.08 Å². The highest BCUT2D eigenvalue weighted by atomic mass is 14.2. The minimum atomic E-state index is 0.654. The van der Waals surface area contributed by atoms with E-state index in [2.05, 4.69) is 13.2 Å². The molecule has 0 spiro atoms. The maximum atomic E-state index is 8.72. The fraction of sp³-hybridized carbons (Fsp3) is 0.0556. The third-order valence-corrected chi connectivity index (χ3v) is 2.44. The van der Waals surface area contributed by atoms with E-state index in [1.165, 1.54) is 6.08 Å². The smallest absolute Gasteiger partial charge is 0.0915 e. The van der Waals surface area contributed by atoms with Crippen molar-refractivity contribution in [3.63, 3.8) is 0 Å². The van der Waals surface area contributed by atoms with Crippen molar-refractivity contribution in [3.8, 4) is 6.07 Å². The summed E-state index contributed by atoms with van der Waals surface area (Å²) in [6.07, 6.45) is 11.6. The van der Waals surface area contributed by atoms with E-state index in [0.29, 0.717) is 6.42 Å². The lowest BCUT2D eigenvalue weighted by atomic mass is 10.0. The summed E-state index contributed by atoms with van der Waals surface area (Å²) in [6.45, 7) is 7.62. The SMILES string of the molecule is C=CC=CC(=CC#N)CC(=C)C=Cc1ccccc1. The molecule has 0 N–H and O–H groups in total. The summed E-state index contributed by atoms with van der Waals surface area (Å²) in [5.74, 6) is 0. The van der Waals surface area contributed by atoms with Gasteiger partial charge in [-0.2, -0.15) is 5.26 Å². The Morgan fingerprint density at radius 1 is 1.21 bits per heavy atom. The summed E-state index contributed by atoms with van der Waals surface area (Å²) < 4.78 is 0. The van der Waals surface area contributed by atoms with Crippen LogP contribution in [-0.4, -0.2) is 0 Å². The number of benzene rings is 1. The molecule has 0 atom stereocenters. The van der Waals surface area contributed by atoms with Gasteiger partial charge >= 0.3 is 0 Å². The van der Waals surface area contributed by atoms with Crippen LogP contribution in [0.25, 0.3) is 6.08 Å². The first-order chi connectivity index (χ1) is 9.26. The van der Waals surface area contributed by atoms with Gasteiger partial charge in [0.1, 0.15) is 0 Å². The van der Waals surface area contributed by atoms with Crippen LogP contribution in [0, 0.1) is 11.3 Å². The maximum Gasteiger partial charge on any atom is 0.0915 e. The number of nitrogens with zero attached hydrogens (tertiary/aromatic N) is 1. The maximum absolute atomic E-state index is 8.72. The standard InChI is InChI=1S/C18H17N/c1-3-4-8-18(13-14-19)15-16(2)11-12-17-9-6-5-7-10-17/h3-13H,1-2,15H2. The topological polar surface area (TPSA) is 23.8 Å². The molecule has 0 amide bonds. The second-order valence-electron chi connectivity index (χ2n) is 4.02. The van der Waals surface area contributed by atoms with Crippen LogP contribution < -0.4 is 0 Å². The lowest BCUT2D eigenvalue weighted by molar-refractivity contribution is 1.22. The van der Waals surface area contributed by atoms with Crippen LogP contribution >= 0.6 is 0 Å². The van der Waals surface area contributed by atoms with E-state index < -0.39 is 0 Å². The zero-order valence-corrected chi connectivity index (χ0v) is 10.9. The first-order valence-corrected chi connectivity index (χ1v) is 6.05. The van der Waals surface area contributed by atoms with E-state index in [1.54, 1.807) is 6.08 Å². The molecule has 1 aromatic carbocycles. The predicted molar refractivity (Wildman–Crippen MR) is 82.3 cm³/mol. The molecule has 0 heterocycles. The van der Waals surface area contributed by atoms with Gasteiger partial charge < -0.3 is 0 Å². The third-order valence-electron chi connectivity index (χ3n) is 2.44. The van der Waals surface area contributed by atoms with E-state index in [4.69, 9.17) is 5.26 Å². The van der Waals surface area contributed by atoms with Crippen molar-refractivity contribution < 1.29 is 0 Å². The van der Waals surface area contributed by atoms with Crippen molar-refractivity contribution in [1.29, 1.82) is 5.26 Å².